The fraction of sp³-hybridized carbons (Fsp3) is 0.533. The van der Waals surface area contributed by atoms with Crippen LogP contribution in [0, 0.1) is 0 Å². The molecule has 0 aliphatic carbocycles. The number of carbonyl (C=O) groups excluding carboxylic acids is 1. The number of nitrogens with one attached hydrogen (secondary N) is 2. The molecule has 0 spiro atoms. The predicted molar refractivity (Wildman–Crippen MR) is 84.3 cm³/mol. The Bertz CT molecular complexity index is 498. The molecule has 1 aliphatic rings. The van der Waals surface area contributed by atoms with E-state index in [-0.39, 0.29) is 5.03 Å². The predicted octanol–water partition coefficient (Wildman–Crippen LogP) is 4.77. The van der Waals surface area contributed by atoms with Gasteiger partial charge in [-0.25, -0.2) is 0 Å². The molecule has 0 atom stereocenters. The summed E-state index contributed by atoms with van der Waals surface area (Å²) in [5.74, 6) is 0. The van der Waals surface area contributed by atoms with Crippen LogP contribution in [0.15, 0.2) is 24.3 Å². The first-order valence-corrected chi connectivity index (χ1v) is 11.6. The minimum absolute atomic E-state index is 0.0133. The summed E-state index contributed by atoms with van der Waals surface area (Å²) in [7, 11) is 0. The van der Waals surface area contributed by atoms with Crippen LogP contribution < -0.4 is 7.12 Å². The molecule has 0 saturated carbocycles. The number of carbonyl (C=O) groups is 1. The van der Waals surface area contributed by atoms with Crippen molar-refractivity contribution < 1.29 is 4.79 Å². The second-order valence-corrected chi connectivity index (χ2v) is 19.9. The van der Waals surface area contributed by atoms with E-state index < -0.39 is 30.3 Å². The van der Waals surface area contributed by atoms with Crippen LogP contribution in [0.2, 0.25) is 3.02 Å². The molecular weight excluding hydrogens is 264 g/mol. The fourth-order valence-corrected chi connectivity index (χ4v) is 16.4. The Balaban J connectivity index is 2.62. The number of anilines is 2. The summed E-state index contributed by atoms with van der Waals surface area (Å²) in [4.78, 5) is 12.9. The van der Waals surface area contributed by atoms with Crippen molar-refractivity contribution in [2.75, 3.05) is 7.12 Å². The van der Waals surface area contributed by atoms with Crippen LogP contribution in [-0.4, -0.2) is 32.3 Å². The molecule has 102 valence electrons. The van der Waals surface area contributed by atoms with E-state index in [1.807, 2.05) is 18.2 Å². The van der Waals surface area contributed by atoms with Crippen LogP contribution in [0.4, 0.5) is 16.2 Å². The number of hydrogen-bond donors (Lipinski definition) is 2. The maximum absolute atomic E-state index is 12.9. The van der Waals surface area contributed by atoms with Crippen molar-refractivity contribution in [1.29, 1.82) is 0 Å². The number of fused-ring (bicyclic) bond motifs is 1. The average Bonchev–Trinajstić information content (AvgIpc) is 2.24. The fourth-order valence-electron chi connectivity index (χ4n) is 4.48. The average molecular weight is 288 g/mol. The van der Waals surface area contributed by atoms with Gasteiger partial charge in [0.15, 0.2) is 0 Å². The van der Waals surface area contributed by atoms with Crippen LogP contribution in [-0.2, 0) is 0 Å². The van der Waals surface area contributed by atoms with Gasteiger partial charge >= 0.3 is 124 Å². The Morgan fingerprint density at radius 3 is 1.84 bits per heavy atom. The monoisotopic (exact) mass is 288 g/mol. The summed E-state index contributed by atoms with van der Waals surface area (Å²) in [6.07, 6.45) is 0. The molecule has 1 aromatic rings. The molecule has 4 heteroatoms. The number of para-hydroxylation sites is 2. The van der Waals surface area contributed by atoms with Gasteiger partial charge in [-0.15, -0.1) is 0 Å². The van der Waals surface area contributed by atoms with Crippen molar-refractivity contribution in [3.05, 3.63) is 24.3 Å². The number of amides is 1. The van der Waals surface area contributed by atoms with E-state index in [2.05, 4.69) is 54.7 Å². The summed E-state index contributed by atoms with van der Waals surface area (Å²) < 4.78 is 4.04. The number of rotatable bonds is 0. The molecule has 0 saturated heterocycles. The summed E-state index contributed by atoms with van der Waals surface area (Å²) in [6.45, 7) is 13.2. The Labute approximate surface area is 123 Å². The Hall–Kier alpha value is -0.250. The van der Waals surface area contributed by atoms with E-state index in [9.17, 15) is 4.79 Å². The van der Waals surface area contributed by atoms with E-state index in [1.165, 1.54) is 0 Å². The molecule has 1 heterocycles. The van der Waals surface area contributed by atoms with Gasteiger partial charge in [0.1, 0.15) is 0 Å². The quantitative estimate of drug-likeness (QED) is 0.675. The van der Waals surface area contributed by atoms with Crippen LogP contribution in [0.25, 0.3) is 0 Å². The van der Waals surface area contributed by atoms with Crippen molar-refractivity contribution in [3.8, 4) is 0 Å². The van der Waals surface area contributed by atoms with Gasteiger partial charge in [-0.05, 0) is 0 Å². The van der Waals surface area contributed by atoms with Gasteiger partial charge in [0.2, 0.25) is 0 Å². The molecule has 0 unspecified atom stereocenters. The topological polar surface area (TPSA) is 41.1 Å². The van der Waals surface area contributed by atoms with Gasteiger partial charge in [-0.2, -0.15) is 0 Å². The Kier molecular flexibility index (Phi) is 3.70. The zero-order valence-corrected chi connectivity index (χ0v) is 15.1. The van der Waals surface area contributed by atoms with E-state index in [0.717, 1.165) is 11.4 Å². The summed E-state index contributed by atoms with van der Waals surface area (Å²) in [5, 5.41) is 3.16. The van der Waals surface area contributed by atoms with Crippen LogP contribution >= 0.6 is 0 Å². The molecule has 19 heavy (non-hydrogen) atoms. The SMILES string of the molecule is C[C](C)(C)[Ca]1([C](C)(C)C)[NH]c2ccccc2N[C]1=O. The molecule has 1 aliphatic heterocycles. The molecule has 1 aromatic carbocycles. The third-order valence-electron chi connectivity index (χ3n) is 5.32. The molecule has 1 amide bonds. The van der Waals surface area contributed by atoms with Crippen molar-refractivity contribution >= 4 is 43.7 Å². The van der Waals surface area contributed by atoms with Gasteiger partial charge in [-0.3, -0.25) is 0 Å². The molecule has 3 nitrogen and oxygen atoms in total. The standard InChI is InChI=1S/C7H6N2O.2C4H9.Ca/c8-6-3-1-2-4-7(6)9-5-10;2*1-4(2)3;/h1-4,8H,(H,9,10);2*1-3H3;/q-1;;;+1. The van der Waals surface area contributed by atoms with Gasteiger partial charge in [0, 0.05) is 0 Å². The second-order valence-electron chi connectivity index (χ2n) is 8.45. The van der Waals surface area contributed by atoms with Crippen molar-refractivity contribution in [2.45, 2.75) is 44.6 Å². The molecule has 2 rings (SSSR count). The van der Waals surface area contributed by atoms with Crippen molar-refractivity contribution in [1.82, 2.24) is 0 Å². The van der Waals surface area contributed by atoms with Gasteiger partial charge in [-0.1, -0.05) is 0 Å². The first-order chi connectivity index (χ1) is 8.59. The number of benzene rings is 1. The summed E-state index contributed by atoms with van der Waals surface area (Å²) >= 11 is -3.47. The van der Waals surface area contributed by atoms with Crippen LogP contribution in [0.3, 0.4) is 0 Å². The van der Waals surface area contributed by atoms with Crippen LogP contribution in [0.1, 0.15) is 41.5 Å². The normalized spacial score (nSPS) is 18.3. The second kappa shape index (κ2) is 4.64. The first kappa shape index (κ1) is 15.1. The molecule has 0 aromatic heterocycles. The summed E-state index contributed by atoms with van der Waals surface area (Å²) in [6, 6.07) is 8.01. The van der Waals surface area contributed by atoms with Crippen molar-refractivity contribution in [3.63, 3.8) is 0 Å². The maximum atomic E-state index is 12.9. The minimum atomic E-state index is -3.47. The van der Waals surface area contributed by atoms with Gasteiger partial charge in [0.05, 0.1) is 0 Å². The summed E-state index contributed by atoms with van der Waals surface area (Å²) in [5.41, 5.74) is 2.00. The molecule has 0 fully saturated rings. The van der Waals surface area contributed by atoms with Crippen molar-refractivity contribution in [2.24, 2.45) is 0 Å². The Morgan fingerprint density at radius 2 is 1.37 bits per heavy atom. The third-order valence-corrected chi connectivity index (χ3v) is 18.5. The van der Waals surface area contributed by atoms with E-state index in [1.54, 1.807) is 0 Å². The first-order valence-electron chi connectivity index (χ1n) is 7.20. The van der Waals surface area contributed by atoms with Crippen LogP contribution in [0.5, 0.6) is 0 Å². The number of hydrogen-bond acceptors (Lipinski definition) is 2. The van der Waals surface area contributed by atoms with E-state index in [0.29, 0.717) is 0 Å². The Morgan fingerprint density at radius 1 is 0.895 bits per heavy atom. The third kappa shape index (κ3) is 2.30. The van der Waals surface area contributed by atoms with Gasteiger partial charge < -0.3 is 0 Å². The zero-order valence-electron chi connectivity index (χ0n) is 12.9. The van der Waals surface area contributed by atoms with E-state index >= 15 is 0 Å². The molecular formula is C15H24CaN2O. The molecule has 0 bridgehead atoms. The molecule has 2 N–H and O–H groups in total. The van der Waals surface area contributed by atoms with E-state index in [4.69, 9.17) is 0 Å². The zero-order chi connectivity index (χ0) is 14.5. The van der Waals surface area contributed by atoms with Gasteiger partial charge in [0.25, 0.3) is 0 Å². The molecule has 2 radical (unpaired) electrons.